The Morgan fingerprint density at radius 2 is 1.68 bits per heavy atom. The first-order valence-corrected chi connectivity index (χ1v) is 10.7. The molecule has 0 unspecified atom stereocenters. The van der Waals surface area contributed by atoms with Gasteiger partial charge in [0.15, 0.2) is 0 Å². The second kappa shape index (κ2) is 9.17. The molecule has 0 aliphatic carbocycles. The summed E-state index contributed by atoms with van der Waals surface area (Å²) in [6.45, 7) is 7.77. The number of halogens is 1. The van der Waals surface area contributed by atoms with Crippen LogP contribution in [0.5, 0.6) is 5.75 Å². The van der Waals surface area contributed by atoms with E-state index in [1.165, 1.54) is 37.2 Å². The van der Waals surface area contributed by atoms with Crippen LogP contribution in [0.2, 0.25) is 5.02 Å². The van der Waals surface area contributed by atoms with Crippen molar-refractivity contribution in [2.75, 3.05) is 51.3 Å². The lowest BCUT2D eigenvalue weighted by Crippen LogP contribution is -2.53. The van der Waals surface area contributed by atoms with Gasteiger partial charge >= 0.3 is 0 Å². The molecule has 0 bridgehead atoms. The lowest BCUT2D eigenvalue weighted by atomic mass is 10.0. The topological polar surface area (TPSA) is 19.0 Å². The zero-order valence-electron chi connectivity index (χ0n) is 16.7. The van der Waals surface area contributed by atoms with Crippen LogP contribution in [0.1, 0.15) is 18.4 Å². The highest BCUT2D eigenvalue weighted by Crippen LogP contribution is 2.29. The van der Waals surface area contributed by atoms with E-state index in [1.54, 1.807) is 7.11 Å². The number of benzene rings is 2. The van der Waals surface area contributed by atoms with E-state index in [-0.39, 0.29) is 0 Å². The molecule has 0 atom stereocenters. The second-order valence-electron chi connectivity index (χ2n) is 7.83. The standard InChI is InChI=1S/C23H30ClN3O/c1-28-23-8-3-2-7-22(23)27-15-13-26(14-16-27)21-9-11-25(12-10-21)18-19-5-4-6-20(24)17-19/h2-8,17,21H,9-16,18H2,1H3. The van der Waals surface area contributed by atoms with Crippen molar-refractivity contribution in [1.82, 2.24) is 9.80 Å². The van der Waals surface area contributed by atoms with Gasteiger partial charge in [-0.25, -0.2) is 0 Å². The minimum absolute atomic E-state index is 0.718. The molecule has 28 heavy (non-hydrogen) atoms. The average molecular weight is 400 g/mol. The van der Waals surface area contributed by atoms with Crippen molar-refractivity contribution in [1.29, 1.82) is 0 Å². The van der Waals surface area contributed by atoms with E-state index in [2.05, 4.69) is 45.0 Å². The van der Waals surface area contributed by atoms with Gasteiger partial charge in [0.2, 0.25) is 0 Å². The fourth-order valence-corrected chi connectivity index (χ4v) is 4.77. The number of hydrogen-bond acceptors (Lipinski definition) is 4. The molecule has 0 spiro atoms. The number of likely N-dealkylation sites (tertiary alicyclic amines) is 1. The van der Waals surface area contributed by atoms with Crippen LogP contribution in [0.4, 0.5) is 5.69 Å². The van der Waals surface area contributed by atoms with E-state index in [0.717, 1.165) is 49.5 Å². The van der Waals surface area contributed by atoms with Gasteiger partial charge in [-0.05, 0) is 55.8 Å². The van der Waals surface area contributed by atoms with Gasteiger partial charge in [0, 0.05) is 43.8 Å². The molecule has 0 radical (unpaired) electrons. The third-order valence-corrected chi connectivity index (χ3v) is 6.34. The summed E-state index contributed by atoms with van der Waals surface area (Å²) in [7, 11) is 1.76. The number of hydrogen-bond donors (Lipinski definition) is 0. The Kier molecular flexibility index (Phi) is 6.40. The van der Waals surface area contributed by atoms with Gasteiger partial charge in [-0.2, -0.15) is 0 Å². The maximum Gasteiger partial charge on any atom is 0.142 e. The molecule has 150 valence electrons. The van der Waals surface area contributed by atoms with Gasteiger partial charge in [0.1, 0.15) is 5.75 Å². The van der Waals surface area contributed by atoms with Gasteiger partial charge in [-0.3, -0.25) is 9.80 Å². The normalized spacial score (nSPS) is 19.7. The smallest absolute Gasteiger partial charge is 0.142 e. The molecule has 2 aromatic carbocycles. The van der Waals surface area contributed by atoms with Gasteiger partial charge in [-0.1, -0.05) is 35.9 Å². The Morgan fingerprint density at radius 1 is 0.929 bits per heavy atom. The van der Waals surface area contributed by atoms with Crippen molar-refractivity contribution >= 4 is 17.3 Å². The van der Waals surface area contributed by atoms with Crippen molar-refractivity contribution in [2.45, 2.75) is 25.4 Å². The number of piperazine rings is 1. The van der Waals surface area contributed by atoms with Gasteiger partial charge < -0.3 is 9.64 Å². The first kappa shape index (κ1) is 19.6. The minimum atomic E-state index is 0.718. The average Bonchev–Trinajstić information content (AvgIpc) is 2.74. The van der Waals surface area contributed by atoms with Crippen molar-refractivity contribution in [3.63, 3.8) is 0 Å². The Bertz CT molecular complexity index is 768. The molecule has 0 N–H and O–H groups in total. The van der Waals surface area contributed by atoms with Crippen LogP contribution >= 0.6 is 11.6 Å². The summed E-state index contributed by atoms with van der Waals surface area (Å²) >= 11 is 6.13. The number of anilines is 1. The van der Waals surface area contributed by atoms with E-state index in [4.69, 9.17) is 16.3 Å². The lowest BCUT2D eigenvalue weighted by Gasteiger charge is -2.43. The highest BCUT2D eigenvalue weighted by atomic mass is 35.5. The molecule has 2 aliphatic rings. The maximum absolute atomic E-state index is 6.13. The van der Waals surface area contributed by atoms with Crippen LogP contribution in [0.25, 0.3) is 0 Å². The number of methoxy groups -OCH3 is 1. The zero-order chi connectivity index (χ0) is 19.3. The molecular formula is C23H30ClN3O. The fraction of sp³-hybridized carbons (Fsp3) is 0.478. The summed E-state index contributed by atoms with van der Waals surface area (Å²) < 4.78 is 5.54. The summed E-state index contributed by atoms with van der Waals surface area (Å²) in [5, 5.41) is 0.834. The fourth-order valence-electron chi connectivity index (χ4n) is 4.56. The number of piperidine rings is 1. The molecule has 0 saturated carbocycles. The quantitative estimate of drug-likeness (QED) is 0.752. The SMILES string of the molecule is COc1ccccc1N1CCN(C2CCN(Cc3cccc(Cl)c3)CC2)CC1. The van der Waals surface area contributed by atoms with Crippen LogP contribution < -0.4 is 9.64 Å². The Balaban J connectivity index is 1.26. The number of para-hydroxylation sites is 2. The van der Waals surface area contributed by atoms with Crippen molar-refractivity contribution < 1.29 is 4.74 Å². The van der Waals surface area contributed by atoms with Crippen molar-refractivity contribution in [3.8, 4) is 5.75 Å². The van der Waals surface area contributed by atoms with E-state index >= 15 is 0 Å². The zero-order valence-corrected chi connectivity index (χ0v) is 17.4. The molecule has 2 heterocycles. The maximum atomic E-state index is 6.13. The first-order chi connectivity index (χ1) is 13.7. The minimum Gasteiger partial charge on any atom is -0.495 e. The summed E-state index contributed by atoms with van der Waals surface area (Å²) in [5.41, 5.74) is 2.54. The molecule has 5 heteroatoms. The van der Waals surface area contributed by atoms with Crippen molar-refractivity contribution in [3.05, 3.63) is 59.1 Å². The molecule has 0 amide bonds. The number of rotatable bonds is 5. The molecule has 4 rings (SSSR count). The molecule has 2 aliphatic heterocycles. The summed E-state index contributed by atoms with van der Waals surface area (Å²) in [4.78, 5) is 7.72. The van der Waals surface area contributed by atoms with E-state index in [9.17, 15) is 0 Å². The number of nitrogens with zero attached hydrogens (tertiary/aromatic N) is 3. The Morgan fingerprint density at radius 3 is 2.39 bits per heavy atom. The Labute approximate surface area is 173 Å². The predicted octanol–water partition coefficient (Wildman–Crippen LogP) is 4.14. The van der Waals surface area contributed by atoms with E-state index in [1.807, 2.05) is 18.2 Å². The molecule has 2 fully saturated rings. The molecule has 0 aromatic heterocycles. The van der Waals surface area contributed by atoms with Crippen LogP contribution in [0.15, 0.2) is 48.5 Å². The highest BCUT2D eigenvalue weighted by Gasteiger charge is 2.28. The molecule has 2 aromatic rings. The van der Waals surface area contributed by atoms with Crippen LogP contribution in [-0.2, 0) is 6.54 Å². The summed E-state index contributed by atoms with van der Waals surface area (Å²) in [5.74, 6) is 0.977. The third kappa shape index (κ3) is 4.62. The van der Waals surface area contributed by atoms with Crippen LogP contribution in [-0.4, -0.2) is 62.2 Å². The lowest BCUT2D eigenvalue weighted by molar-refractivity contribution is 0.0997. The summed E-state index contributed by atoms with van der Waals surface area (Å²) in [6.07, 6.45) is 2.52. The van der Waals surface area contributed by atoms with Crippen LogP contribution in [0.3, 0.4) is 0 Å². The third-order valence-electron chi connectivity index (χ3n) is 6.11. The van der Waals surface area contributed by atoms with E-state index in [0.29, 0.717) is 0 Å². The molecule has 2 saturated heterocycles. The van der Waals surface area contributed by atoms with Gasteiger partial charge in [0.05, 0.1) is 12.8 Å². The van der Waals surface area contributed by atoms with E-state index < -0.39 is 0 Å². The van der Waals surface area contributed by atoms with Gasteiger partial charge in [0.25, 0.3) is 0 Å². The van der Waals surface area contributed by atoms with Gasteiger partial charge in [-0.15, -0.1) is 0 Å². The first-order valence-electron chi connectivity index (χ1n) is 10.3. The largest absolute Gasteiger partial charge is 0.495 e. The monoisotopic (exact) mass is 399 g/mol. The van der Waals surface area contributed by atoms with Crippen LogP contribution in [0, 0.1) is 0 Å². The number of ether oxygens (including phenoxy) is 1. The molecule has 4 nitrogen and oxygen atoms in total. The highest BCUT2D eigenvalue weighted by molar-refractivity contribution is 6.30. The Hall–Kier alpha value is -1.75. The predicted molar refractivity (Wildman–Crippen MR) is 117 cm³/mol. The van der Waals surface area contributed by atoms with Crippen molar-refractivity contribution in [2.24, 2.45) is 0 Å². The summed E-state index contributed by atoms with van der Waals surface area (Å²) in [6, 6.07) is 17.3. The molecular weight excluding hydrogens is 370 g/mol. The second-order valence-corrected chi connectivity index (χ2v) is 8.27.